The molecule has 35 heavy (non-hydrogen) atoms. The van der Waals surface area contributed by atoms with E-state index in [9.17, 15) is 13.2 Å². The summed E-state index contributed by atoms with van der Waals surface area (Å²) in [5.74, 6) is 1.54. The maximum Gasteiger partial charge on any atom is 0.252 e. The Morgan fingerprint density at radius 1 is 0.800 bits per heavy atom. The molecule has 4 aromatic rings. The maximum absolute atomic E-state index is 13.6. The lowest BCUT2D eigenvalue weighted by Gasteiger charge is -2.22. The van der Waals surface area contributed by atoms with Gasteiger partial charge >= 0.3 is 0 Å². The predicted octanol–water partition coefficient (Wildman–Crippen LogP) is 3.95. The van der Waals surface area contributed by atoms with E-state index in [4.69, 9.17) is 14.2 Å². The monoisotopic (exact) mass is 494 g/mol. The van der Waals surface area contributed by atoms with Gasteiger partial charge in [-0.2, -0.15) is 4.31 Å². The Labute approximate surface area is 203 Å². The highest BCUT2D eigenvalue weighted by molar-refractivity contribution is 7.89. The van der Waals surface area contributed by atoms with E-state index in [1.165, 1.54) is 37.8 Å². The number of nitrogens with one attached hydrogen (secondary N) is 1. The number of aromatic amines is 1. The van der Waals surface area contributed by atoms with Gasteiger partial charge in [-0.3, -0.25) is 4.79 Å². The standard InChI is InChI=1S/C26H26N2O6S/c1-32-21-9-11-22(12-10-21)35(30,31)28(16-18-7-5-4-6-8-18)17-20-13-19-14-24(33-2)25(34-3)15-23(19)27-26(20)29/h4-15H,16-17H2,1-3H3,(H,27,29). The summed E-state index contributed by atoms with van der Waals surface area (Å²) < 4.78 is 44.4. The van der Waals surface area contributed by atoms with Crippen molar-refractivity contribution in [2.24, 2.45) is 0 Å². The Balaban J connectivity index is 1.77. The molecule has 0 saturated heterocycles. The van der Waals surface area contributed by atoms with Crippen molar-refractivity contribution >= 4 is 20.9 Å². The lowest BCUT2D eigenvalue weighted by Crippen LogP contribution is -2.32. The lowest BCUT2D eigenvalue weighted by molar-refractivity contribution is 0.355. The smallest absolute Gasteiger partial charge is 0.252 e. The van der Waals surface area contributed by atoms with Crippen molar-refractivity contribution < 1.29 is 22.6 Å². The van der Waals surface area contributed by atoms with Crippen LogP contribution in [0.1, 0.15) is 11.1 Å². The first-order valence-electron chi connectivity index (χ1n) is 10.8. The van der Waals surface area contributed by atoms with E-state index >= 15 is 0 Å². The molecule has 0 spiro atoms. The van der Waals surface area contributed by atoms with Crippen LogP contribution >= 0.6 is 0 Å². The Kier molecular flexibility index (Phi) is 7.09. The predicted molar refractivity (Wildman–Crippen MR) is 134 cm³/mol. The molecule has 0 aliphatic carbocycles. The highest BCUT2D eigenvalue weighted by Crippen LogP contribution is 2.31. The molecule has 9 heteroatoms. The minimum absolute atomic E-state index is 0.0958. The molecule has 8 nitrogen and oxygen atoms in total. The summed E-state index contributed by atoms with van der Waals surface area (Å²) >= 11 is 0. The number of hydrogen-bond donors (Lipinski definition) is 1. The maximum atomic E-state index is 13.6. The summed E-state index contributed by atoms with van der Waals surface area (Å²) in [5, 5.41) is 0.693. The van der Waals surface area contributed by atoms with Crippen molar-refractivity contribution in [3.05, 3.63) is 94.3 Å². The minimum Gasteiger partial charge on any atom is -0.497 e. The molecule has 1 N–H and O–H groups in total. The van der Waals surface area contributed by atoms with E-state index < -0.39 is 10.0 Å². The van der Waals surface area contributed by atoms with E-state index in [2.05, 4.69) is 4.98 Å². The molecule has 3 aromatic carbocycles. The zero-order valence-electron chi connectivity index (χ0n) is 19.6. The number of hydrogen-bond acceptors (Lipinski definition) is 6. The Morgan fingerprint density at radius 3 is 2.09 bits per heavy atom. The van der Waals surface area contributed by atoms with Gasteiger partial charge in [-0.05, 0) is 42.0 Å². The Hall–Kier alpha value is -3.82. The van der Waals surface area contributed by atoms with Crippen LogP contribution in [0.5, 0.6) is 17.2 Å². The average molecular weight is 495 g/mol. The summed E-state index contributed by atoms with van der Waals surface area (Å²) in [6.45, 7) is -0.0263. The second-order valence-corrected chi connectivity index (χ2v) is 9.79. The van der Waals surface area contributed by atoms with Crippen LogP contribution in [0.3, 0.4) is 0 Å². The Morgan fingerprint density at radius 2 is 1.46 bits per heavy atom. The third-order valence-electron chi connectivity index (χ3n) is 5.67. The number of fused-ring (bicyclic) bond motifs is 1. The number of ether oxygens (including phenoxy) is 3. The molecule has 0 bridgehead atoms. The summed E-state index contributed by atoms with van der Waals surface area (Å²) in [6.07, 6.45) is 0. The van der Waals surface area contributed by atoms with Crippen molar-refractivity contribution in [1.29, 1.82) is 0 Å². The summed E-state index contributed by atoms with van der Waals surface area (Å²) in [6, 6.07) is 20.5. The van der Waals surface area contributed by atoms with Crippen molar-refractivity contribution in [2.75, 3.05) is 21.3 Å². The van der Waals surface area contributed by atoms with Crippen LogP contribution in [-0.2, 0) is 23.1 Å². The van der Waals surface area contributed by atoms with Gasteiger partial charge in [0.15, 0.2) is 11.5 Å². The molecule has 0 unspecified atom stereocenters. The van der Waals surface area contributed by atoms with E-state index in [-0.39, 0.29) is 23.5 Å². The first-order chi connectivity index (χ1) is 16.8. The van der Waals surface area contributed by atoms with E-state index in [0.29, 0.717) is 33.7 Å². The van der Waals surface area contributed by atoms with Gasteiger partial charge < -0.3 is 19.2 Å². The minimum atomic E-state index is -3.94. The van der Waals surface area contributed by atoms with Gasteiger partial charge in [-0.15, -0.1) is 0 Å². The van der Waals surface area contributed by atoms with Crippen LogP contribution in [0.15, 0.2) is 82.5 Å². The molecule has 1 heterocycles. The number of benzene rings is 3. The van der Waals surface area contributed by atoms with E-state index in [1.54, 1.807) is 30.3 Å². The number of sulfonamides is 1. The zero-order valence-corrected chi connectivity index (χ0v) is 20.5. The van der Waals surface area contributed by atoms with Crippen molar-refractivity contribution in [3.8, 4) is 17.2 Å². The van der Waals surface area contributed by atoms with Gasteiger partial charge in [0.05, 0.1) is 31.7 Å². The van der Waals surface area contributed by atoms with Crippen molar-refractivity contribution in [1.82, 2.24) is 9.29 Å². The number of methoxy groups -OCH3 is 3. The number of aromatic nitrogens is 1. The number of pyridine rings is 1. The van der Waals surface area contributed by atoms with Crippen LogP contribution in [0.2, 0.25) is 0 Å². The molecule has 0 atom stereocenters. The highest BCUT2D eigenvalue weighted by Gasteiger charge is 2.26. The van der Waals surface area contributed by atoms with Crippen LogP contribution in [0.25, 0.3) is 10.9 Å². The van der Waals surface area contributed by atoms with E-state index in [0.717, 1.165) is 5.56 Å². The number of rotatable bonds is 9. The molecule has 182 valence electrons. The quantitative estimate of drug-likeness (QED) is 0.378. The highest BCUT2D eigenvalue weighted by atomic mass is 32.2. The fourth-order valence-electron chi connectivity index (χ4n) is 3.80. The fourth-order valence-corrected chi connectivity index (χ4v) is 5.20. The Bertz CT molecular complexity index is 1480. The number of H-pyrrole nitrogens is 1. The zero-order chi connectivity index (χ0) is 25.0. The molecule has 4 rings (SSSR count). The third kappa shape index (κ3) is 5.16. The summed E-state index contributed by atoms with van der Waals surface area (Å²) in [7, 11) is 0.623. The second-order valence-electron chi connectivity index (χ2n) is 7.85. The average Bonchev–Trinajstić information content (AvgIpc) is 2.88. The molecule has 0 fully saturated rings. The molecular weight excluding hydrogens is 468 g/mol. The van der Waals surface area contributed by atoms with Gasteiger partial charge in [-0.25, -0.2) is 8.42 Å². The molecular formula is C26H26N2O6S. The topological polar surface area (TPSA) is 97.9 Å². The number of nitrogens with zero attached hydrogens (tertiary/aromatic N) is 1. The fraction of sp³-hybridized carbons (Fsp3) is 0.192. The summed E-state index contributed by atoms with van der Waals surface area (Å²) in [5.41, 5.74) is 1.28. The van der Waals surface area contributed by atoms with Crippen LogP contribution < -0.4 is 19.8 Å². The molecule has 0 amide bonds. The van der Waals surface area contributed by atoms with Gasteiger partial charge in [0, 0.05) is 30.1 Å². The van der Waals surface area contributed by atoms with Crippen molar-refractivity contribution in [2.45, 2.75) is 18.0 Å². The largest absolute Gasteiger partial charge is 0.497 e. The van der Waals surface area contributed by atoms with E-state index in [1.807, 2.05) is 30.3 Å². The SMILES string of the molecule is COc1ccc(S(=O)(=O)N(Cc2ccccc2)Cc2cc3cc(OC)c(OC)cc3[nH]c2=O)cc1. The molecule has 0 aliphatic rings. The molecule has 0 aliphatic heterocycles. The normalized spacial score (nSPS) is 11.5. The van der Waals surface area contributed by atoms with Crippen LogP contribution in [-0.4, -0.2) is 39.0 Å². The molecule has 1 aromatic heterocycles. The van der Waals surface area contributed by atoms with Crippen LogP contribution in [0.4, 0.5) is 0 Å². The van der Waals surface area contributed by atoms with Gasteiger partial charge in [0.1, 0.15) is 5.75 Å². The summed E-state index contributed by atoms with van der Waals surface area (Å²) in [4.78, 5) is 15.9. The molecule has 0 radical (unpaired) electrons. The first kappa shape index (κ1) is 24.3. The second kappa shape index (κ2) is 10.2. The lowest BCUT2D eigenvalue weighted by atomic mass is 10.1. The van der Waals surface area contributed by atoms with Crippen LogP contribution in [0, 0.1) is 0 Å². The molecule has 0 saturated carbocycles. The van der Waals surface area contributed by atoms with Gasteiger partial charge in [-0.1, -0.05) is 30.3 Å². The van der Waals surface area contributed by atoms with Crippen molar-refractivity contribution in [3.63, 3.8) is 0 Å². The van der Waals surface area contributed by atoms with Gasteiger partial charge in [0.2, 0.25) is 10.0 Å². The van der Waals surface area contributed by atoms with Gasteiger partial charge in [0.25, 0.3) is 5.56 Å². The third-order valence-corrected chi connectivity index (χ3v) is 7.48. The first-order valence-corrected chi connectivity index (χ1v) is 12.3.